The van der Waals surface area contributed by atoms with Gasteiger partial charge in [0.05, 0.1) is 5.41 Å². The van der Waals surface area contributed by atoms with Crippen molar-refractivity contribution in [2.24, 2.45) is 0 Å². The molecule has 1 aromatic heterocycles. The fraction of sp³-hybridized carbons (Fsp3) is 0.500. The Bertz CT molecular complexity index is 372. The number of carbonyl (C=O) groups is 1. The van der Waals surface area contributed by atoms with Crippen LogP contribution in [-0.4, -0.2) is 21.0 Å². The van der Waals surface area contributed by atoms with Crippen molar-refractivity contribution >= 4 is 5.97 Å². The van der Waals surface area contributed by atoms with Crippen LogP contribution in [0.5, 0.6) is 0 Å². The molecule has 1 aliphatic rings. The number of hydrogen-bond donors (Lipinski definition) is 1. The SMILES string of the molecule is Cc1ncncc1C1(C(=O)O)CCC1. The lowest BCUT2D eigenvalue weighted by molar-refractivity contribution is -0.147. The van der Waals surface area contributed by atoms with Gasteiger partial charge in [0, 0.05) is 17.5 Å². The molecule has 0 amide bonds. The molecule has 4 nitrogen and oxygen atoms in total. The van der Waals surface area contributed by atoms with Gasteiger partial charge in [-0.2, -0.15) is 0 Å². The zero-order valence-corrected chi connectivity index (χ0v) is 8.03. The summed E-state index contributed by atoms with van der Waals surface area (Å²) in [6, 6.07) is 0. The second-order valence-corrected chi connectivity index (χ2v) is 3.76. The average molecular weight is 192 g/mol. The van der Waals surface area contributed by atoms with Gasteiger partial charge in [-0.25, -0.2) is 9.97 Å². The molecule has 0 aromatic carbocycles. The van der Waals surface area contributed by atoms with Crippen molar-refractivity contribution in [3.05, 3.63) is 23.8 Å². The second kappa shape index (κ2) is 3.04. The standard InChI is InChI=1S/C10H12N2O2/c1-7-8(5-11-6-12-7)10(9(13)14)3-2-4-10/h5-6H,2-4H2,1H3,(H,13,14). The highest BCUT2D eigenvalue weighted by Crippen LogP contribution is 2.44. The van der Waals surface area contributed by atoms with Crippen LogP contribution in [0.15, 0.2) is 12.5 Å². The van der Waals surface area contributed by atoms with E-state index in [-0.39, 0.29) is 0 Å². The lowest BCUT2D eigenvalue weighted by atomic mass is 9.64. The molecule has 0 saturated heterocycles. The third-order valence-corrected chi connectivity index (χ3v) is 3.04. The van der Waals surface area contributed by atoms with Gasteiger partial charge in [0.15, 0.2) is 0 Å². The van der Waals surface area contributed by atoms with E-state index in [1.807, 2.05) is 6.92 Å². The first-order chi connectivity index (χ1) is 6.67. The minimum absolute atomic E-state index is 0.703. The number of hydrogen-bond acceptors (Lipinski definition) is 3. The van der Waals surface area contributed by atoms with Gasteiger partial charge in [0.1, 0.15) is 6.33 Å². The molecule has 74 valence electrons. The van der Waals surface area contributed by atoms with Crippen LogP contribution in [0.25, 0.3) is 0 Å². The van der Waals surface area contributed by atoms with Gasteiger partial charge in [0.2, 0.25) is 0 Å². The summed E-state index contributed by atoms with van der Waals surface area (Å²) < 4.78 is 0. The van der Waals surface area contributed by atoms with Gasteiger partial charge in [-0.15, -0.1) is 0 Å². The molecule has 1 fully saturated rings. The summed E-state index contributed by atoms with van der Waals surface area (Å²) in [5, 5.41) is 9.21. The van der Waals surface area contributed by atoms with Gasteiger partial charge in [-0.3, -0.25) is 4.79 Å². The molecule has 0 aliphatic heterocycles. The van der Waals surface area contributed by atoms with E-state index in [2.05, 4.69) is 9.97 Å². The molecule has 0 atom stereocenters. The fourth-order valence-electron chi connectivity index (χ4n) is 1.99. The number of aliphatic carboxylic acids is 1. The Morgan fingerprint density at radius 3 is 2.71 bits per heavy atom. The van der Waals surface area contributed by atoms with E-state index in [1.165, 1.54) is 6.33 Å². The van der Waals surface area contributed by atoms with Crippen molar-refractivity contribution in [1.82, 2.24) is 9.97 Å². The Balaban J connectivity index is 2.47. The second-order valence-electron chi connectivity index (χ2n) is 3.76. The zero-order chi connectivity index (χ0) is 10.2. The van der Waals surface area contributed by atoms with Crippen molar-refractivity contribution in [3.8, 4) is 0 Å². The highest BCUT2D eigenvalue weighted by molar-refractivity contribution is 5.82. The molecule has 4 heteroatoms. The molecule has 14 heavy (non-hydrogen) atoms. The third-order valence-electron chi connectivity index (χ3n) is 3.04. The number of carboxylic acid groups (broad SMARTS) is 1. The van der Waals surface area contributed by atoms with E-state index >= 15 is 0 Å². The number of aryl methyl sites for hydroxylation is 1. The molecule has 0 unspecified atom stereocenters. The van der Waals surface area contributed by atoms with Crippen LogP contribution in [0.1, 0.15) is 30.5 Å². The first kappa shape index (κ1) is 9.12. The van der Waals surface area contributed by atoms with Crippen molar-refractivity contribution in [3.63, 3.8) is 0 Å². The number of nitrogens with zero attached hydrogens (tertiary/aromatic N) is 2. The summed E-state index contributed by atoms with van der Waals surface area (Å²) in [4.78, 5) is 19.1. The van der Waals surface area contributed by atoms with Crippen molar-refractivity contribution in [2.75, 3.05) is 0 Å². The number of rotatable bonds is 2. The van der Waals surface area contributed by atoms with Crippen LogP contribution in [0.3, 0.4) is 0 Å². The normalized spacial score (nSPS) is 18.6. The smallest absolute Gasteiger partial charge is 0.314 e. The number of aromatic nitrogens is 2. The quantitative estimate of drug-likeness (QED) is 0.766. The Morgan fingerprint density at radius 1 is 1.57 bits per heavy atom. The van der Waals surface area contributed by atoms with E-state index in [9.17, 15) is 9.90 Å². The van der Waals surface area contributed by atoms with Crippen LogP contribution in [-0.2, 0) is 10.2 Å². The van der Waals surface area contributed by atoms with Crippen molar-refractivity contribution in [1.29, 1.82) is 0 Å². The highest BCUT2D eigenvalue weighted by atomic mass is 16.4. The molecule has 1 N–H and O–H groups in total. The third kappa shape index (κ3) is 1.10. The Kier molecular flexibility index (Phi) is 1.98. The van der Waals surface area contributed by atoms with Gasteiger partial charge in [-0.05, 0) is 19.8 Å². The Morgan fingerprint density at radius 2 is 2.29 bits per heavy atom. The molecular formula is C10H12N2O2. The van der Waals surface area contributed by atoms with Crippen LogP contribution in [0, 0.1) is 6.92 Å². The Hall–Kier alpha value is -1.45. The summed E-state index contributed by atoms with van der Waals surface area (Å²) in [7, 11) is 0. The molecule has 0 radical (unpaired) electrons. The van der Waals surface area contributed by atoms with E-state index in [0.29, 0.717) is 12.8 Å². The van der Waals surface area contributed by atoms with Crippen LogP contribution in [0.2, 0.25) is 0 Å². The van der Waals surface area contributed by atoms with Gasteiger partial charge in [0.25, 0.3) is 0 Å². The predicted molar refractivity (Wildman–Crippen MR) is 49.9 cm³/mol. The molecule has 1 heterocycles. The topological polar surface area (TPSA) is 63.1 Å². The molecule has 2 rings (SSSR count). The van der Waals surface area contributed by atoms with Crippen LogP contribution < -0.4 is 0 Å². The van der Waals surface area contributed by atoms with Crippen molar-refractivity contribution in [2.45, 2.75) is 31.6 Å². The molecule has 0 bridgehead atoms. The maximum Gasteiger partial charge on any atom is 0.314 e. The van der Waals surface area contributed by atoms with Crippen molar-refractivity contribution < 1.29 is 9.90 Å². The summed E-state index contributed by atoms with van der Waals surface area (Å²) in [5.74, 6) is -0.748. The maximum absolute atomic E-state index is 11.2. The molecule has 0 spiro atoms. The largest absolute Gasteiger partial charge is 0.481 e. The number of carboxylic acids is 1. The average Bonchev–Trinajstić information content (AvgIpc) is 2.05. The maximum atomic E-state index is 11.2. The molecule has 1 saturated carbocycles. The lowest BCUT2D eigenvalue weighted by Gasteiger charge is -2.38. The lowest BCUT2D eigenvalue weighted by Crippen LogP contribution is -2.43. The summed E-state index contributed by atoms with van der Waals surface area (Å²) in [5.41, 5.74) is 0.853. The Labute approximate surface area is 82.0 Å². The van der Waals surface area contributed by atoms with E-state index in [4.69, 9.17) is 0 Å². The van der Waals surface area contributed by atoms with Crippen LogP contribution in [0.4, 0.5) is 0 Å². The van der Waals surface area contributed by atoms with Gasteiger partial charge >= 0.3 is 5.97 Å². The minimum Gasteiger partial charge on any atom is -0.481 e. The van der Waals surface area contributed by atoms with Crippen LogP contribution >= 0.6 is 0 Å². The van der Waals surface area contributed by atoms with E-state index in [0.717, 1.165) is 17.7 Å². The zero-order valence-electron chi connectivity index (χ0n) is 8.03. The minimum atomic E-state index is -0.748. The van der Waals surface area contributed by atoms with Gasteiger partial charge < -0.3 is 5.11 Å². The predicted octanol–water partition coefficient (Wildman–Crippen LogP) is 1.29. The first-order valence-corrected chi connectivity index (χ1v) is 4.67. The summed E-state index contributed by atoms with van der Waals surface area (Å²) in [6.45, 7) is 1.83. The summed E-state index contributed by atoms with van der Waals surface area (Å²) >= 11 is 0. The highest BCUT2D eigenvalue weighted by Gasteiger charge is 2.47. The van der Waals surface area contributed by atoms with Gasteiger partial charge in [-0.1, -0.05) is 6.42 Å². The molecular weight excluding hydrogens is 180 g/mol. The monoisotopic (exact) mass is 192 g/mol. The molecule has 1 aliphatic carbocycles. The summed E-state index contributed by atoms with van der Waals surface area (Å²) in [6.07, 6.45) is 5.47. The van der Waals surface area contributed by atoms with E-state index < -0.39 is 11.4 Å². The van der Waals surface area contributed by atoms with E-state index in [1.54, 1.807) is 6.20 Å². The fourth-order valence-corrected chi connectivity index (χ4v) is 1.99. The molecule has 1 aromatic rings. The first-order valence-electron chi connectivity index (χ1n) is 4.67.